The van der Waals surface area contributed by atoms with E-state index >= 15 is 0 Å². The second-order valence-electron chi connectivity index (χ2n) is 4.59. The summed E-state index contributed by atoms with van der Waals surface area (Å²) in [6.45, 7) is 5.45. The fourth-order valence-corrected chi connectivity index (χ4v) is 2.07. The lowest BCUT2D eigenvalue weighted by atomic mass is 10.1. The van der Waals surface area contributed by atoms with Crippen LogP contribution in [-0.2, 0) is 0 Å². The van der Waals surface area contributed by atoms with Crippen molar-refractivity contribution in [3.63, 3.8) is 0 Å². The number of nitrogens with two attached hydrogens (primary N) is 1. The number of aryl methyl sites for hydroxylation is 2. The molecular formula is C14H15ClN4O2. The number of benzene rings is 1. The van der Waals surface area contributed by atoms with Crippen LogP contribution in [0.5, 0.6) is 11.6 Å². The Morgan fingerprint density at radius 1 is 1.29 bits per heavy atom. The van der Waals surface area contributed by atoms with E-state index in [0.717, 1.165) is 11.1 Å². The fraction of sp³-hybridized carbons (Fsp3) is 0.214. The Morgan fingerprint density at radius 3 is 2.62 bits per heavy atom. The van der Waals surface area contributed by atoms with Crippen molar-refractivity contribution in [2.45, 2.75) is 20.8 Å². The van der Waals surface area contributed by atoms with Crippen LogP contribution in [0.3, 0.4) is 0 Å². The van der Waals surface area contributed by atoms with Crippen LogP contribution in [0, 0.1) is 20.8 Å². The summed E-state index contributed by atoms with van der Waals surface area (Å²) in [6, 6.07) is 5.21. The van der Waals surface area contributed by atoms with Crippen LogP contribution in [0.1, 0.15) is 22.4 Å². The van der Waals surface area contributed by atoms with Gasteiger partial charge in [-0.1, -0.05) is 16.8 Å². The second-order valence-corrected chi connectivity index (χ2v) is 5.02. The summed E-state index contributed by atoms with van der Waals surface area (Å²) in [5.41, 5.74) is 8.38. The van der Waals surface area contributed by atoms with Crippen molar-refractivity contribution in [2.75, 3.05) is 0 Å². The number of ether oxygens (including phenoxy) is 1. The lowest BCUT2D eigenvalue weighted by Gasteiger charge is -2.13. The quantitative estimate of drug-likeness (QED) is 0.393. The van der Waals surface area contributed by atoms with E-state index in [4.69, 9.17) is 27.3 Å². The molecule has 0 atom stereocenters. The molecule has 0 saturated heterocycles. The number of halogens is 1. The summed E-state index contributed by atoms with van der Waals surface area (Å²) < 4.78 is 5.75. The molecule has 0 unspecified atom stereocenters. The summed E-state index contributed by atoms with van der Waals surface area (Å²) in [4.78, 5) is 0. The third-order valence-corrected chi connectivity index (χ3v) is 3.36. The topological polar surface area (TPSA) is 93.6 Å². The van der Waals surface area contributed by atoms with Crippen molar-refractivity contribution in [1.82, 2.24) is 10.2 Å². The van der Waals surface area contributed by atoms with Crippen LogP contribution in [-0.4, -0.2) is 21.2 Å². The average Bonchev–Trinajstić information content (AvgIpc) is 2.45. The van der Waals surface area contributed by atoms with Gasteiger partial charge in [-0.3, -0.25) is 0 Å². The molecule has 1 heterocycles. The van der Waals surface area contributed by atoms with Crippen molar-refractivity contribution < 1.29 is 9.94 Å². The first-order valence-electron chi connectivity index (χ1n) is 6.19. The van der Waals surface area contributed by atoms with Crippen LogP contribution >= 0.6 is 11.6 Å². The van der Waals surface area contributed by atoms with E-state index in [1.807, 2.05) is 6.92 Å². The summed E-state index contributed by atoms with van der Waals surface area (Å²) in [5.74, 6) is 0.676. The van der Waals surface area contributed by atoms with Crippen LogP contribution in [0.2, 0.25) is 5.02 Å². The van der Waals surface area contributed by atoms with E-state index in [-0.39, 0.29) is 11.7 Å². The van der Waals surface area contributed by atoms with Crippen LogP contribution < -0.4 is 10.5 Å². The van der Waals surface area contributed by atoms with E-state index in [1.165, 1.54) is 0 Å². The Balaban J connectivity index is 2.52. The molecule has 7 heteroatoms. The molecular weight excluding hydrogens is 292 g/mol. The Labute approximate surface area is 127 Å². The predicted molar refractivity (Wildman–Crippen MR) is 80.3 cm³/mol. The maximum absolute atomic E-state index is 8.93. The van der Waals surface area contributed by atoms with Crippen molar-refractivity contribution in [3.8, 4) is 11.6 Å². The van der Waals surface area contributed by atoms with Gasteiger partial charge in [-0.05, 0) is 50.1 Å². The lowest BCUT2D eigenvalue weighted by Crippen LogP contribution is -2.18. The average molecular weight is 307 g/mol. The molecule has 0 aliphatic rings. The van der Waals surface area contributed by atoms with Gasteiger partial charge in [0, 0.05) is 5.02 Å². The lowest BCUT2D eigenvalue weighted by molar-refractivity contribution is 0.318. The SMILES string of the molecule is Cc1cc(Cl)ccc1Oc1nnc(C)c(C)c1/C(N)=N/O. The smallest absolute Gasteiger partial charge is 0.250 e. The number of nitrogens with zero attached hydrogens (tertiary/aromatic N) is 3. The normalized spacial score (nSPS) is 11.5. The van der Waals surface area contributed by atoms with Crippen molar-refractivity contribution in [3.05, 3.63) is 45.6 Å². The number of hydrogen-bond acceptors (Lipinski definition) is 5. The van der Waals surface area contributed by atoms with Crippen molar-refractivity contribution in [1.29, 1.82) is 0 Å². The van der Waals surface area contributed by atoms with Crippen LogP contribution in [0.15, 0.2) is 23.4 Å². The number of aromatic nitrogens is 2. The van der Waals surface area contributed by atoms with Gasteiger partial charge in [0.05, 0.1) is 11.3 Å². The highest BCUT2D eigenvalue weighted by molar-refractivity contribution is 6.30. The largest absolute Gasteiger partial charge is 0.437 e. The van der Waals surface area contributed by atoms with Gasteiger partial charge in [-0.15, -0.1) is 5.10 Å². The zero-order valence-corrected chi connectivity index (χ0v) is 12.6. The zero-order chi connectivity index (χ0) is 15.6. The third kappa shape index (κ3) is 3.05. The highest BCUT2D eigenvalue weighted by Gasteiger charge is 2.18. The number of amidine groups is 1. The highest BCUT2D eigenvalue weighted by atomic mass is 35.5. The second kappa shape index (κ2) is 5.97. The Hall–Kier alpha value is -2.34. The molecule has 0 radical (unpaired) electrons. The molecule has 2 rings (SSSR count). The van der Waals surface area contributed by atoms with E-state index in [2.05, 4.69) is 15.4 Å². The Bertz CT molecular complexity index is 716. The zero-order valence-electron chi connectivity index (χ0n) is 11.9. The van der Waals surface area contributed by atoms with Gasteiger partial charge in [0.15, 0.2) is 5.84 Å². The van der Waals surface area contributed by atoms with Gasteiger partial charge >= 0.3 is 0 Å². The van der Waals surface area contributed by atoms with Crippen LogP contribution in [0.25, 0.3) is 0 Å². The monoisotopic (exact) mass is 306 g/mol. The van der Waals surface area contributed by atoms with E-state index in [9.17, 15) is 0 Å². The van der Waals surface area contributed by atoms with E-state index in [0.29, 0.717) is 22.0 Å². The summed E-state index contributed by atoms with van der Waals surface area (Å²) in [6.07, 6.45) is 0. The van der Waals surface area contributed by atoms with Gasteiger partial charge in [-0.2, -0.15) is 5.10 Å². The first-order valence-corrected chi connectivity index (χ1v) is 6.57. The highest BCUT2D eigenvalue weighted by Crippen LogP contribution is 2.29. The standard InChI is InChI=1S/C14H15ClN4O2/c1-7-6-10(15)4-5-11(7)21-14-12(13(16)19-20)8(2)9(3)17-18-14/h4-6,20H,1-3H3,(H2,16,19). The molecule has 0 spiro atoms. The first kappa shape index (κ1) is 15.1. The molecule has 110 valence electrons. The van der Waals surface area contributed by atoms with E-state index < -0.39 is 0 Å². The van der Waals surface area contributed by atoms with E-state index in [1.54, 1.807) is 32.0 Å². The van der Waals surface area contributed by atoms with Crippen molar-refractivity contribution >= 4 is 17.4 Å². The van der Waals surface area contributed by atoms with Gasteiger partial charge in [0.2, 0.25) is 5.88 Å². The molecule has 0 saturated carbocycles. The summed E-state index contributed by atoms with van der Waals surface area (Å²) in [5, 5.41) is 20.6. The molecule has 0 fully saturated rings. The molecule has 3 N–H and O–H groups in total. The maximum atomic E-state index is 8.93. The Kier molecular flexibility index (Phi) is 4.28. The minimum atomic E-state index is -0.0767. The molecule has 21 heavy (non-hydrogen) atoms. The molecule has 6 nitrogen and oxygen atoms in total. The molecule has 0 aliphatic heterocycles. The molecule has 0 amide bonds. The predicted octanol–water partition coefficient (Wildman–Crippen LogP) is 2.94. The van der Waals surface area contributed by atoms with Crippen molar-refractivity contribution in [2.24, 2.45) is 10.9 Å². The summed E-state index contributed by atoms with van der Waals surface area (Å²) >= 11 is 5.91. The fourth-order valence-electron chi connectivity index (χ4n) is 1.84. The maximum Gasteiger partial charge on any atom is 0.250 e. The molecule has 1 aromatic heterocycles. The van der Waals surface area contributed by atoms with Crippen LogP contribution in [0.4, 0.5) is 0 Å². The molecule has 0 bridgehead atoms. The third-order valence-electron chi connectivity index (χ3n) is 3.13. The van der Waals surface area contributed by atoms with Gasteiger partial charge in [-0.25, -0.2) is 0 Å². The van der Waals surface area contributed by atoms with Gasteiger partial charge < -0.3 is 15.7 Å². The minimum absolute atomic E-state index is 0.0767. The number of hydrogen-bond donors (Lipinski definition) is 2. The molecule has 1 aromatic carbocycles. The number of rotatable bonds is 3. The van der Waals surface area contributed by atoms with Gasteiger partial charge in [0.1, 0.15) is 5.75 Å². The Morgan fingerprint density at radius 2 is 2.00 bits per heavy atom. The summed E-state index contributed by atoms with van der Waals surface area (Å²) in [7, 11) is 0. The first-order chi connectivity index (χ1) is 9.93. The molecule has 2 aromatic rings. The van der Waals surface area contributed by atoms with Gasteiger partial charge in [0.25, 0.3) is 0 Å². The minimum Gasteiger partial charge on any atom is -0.437 e. The number of oxime groups is 1. The molecule has 0 aliphatic carbocycles.